The van der Waals surface area contributed by atoms with Crippen LogP contribution in [-0.4, -0.2) is 9.91 Å². The maximum Gasteiger partial charge on any atom is 0.290 e. The number of nitro groups is 1. The van der Waals surface area contributed by atoms with Crippen molar-refractivity contribution in [1.82, 2.24) is 4.98 Å². The standard InChI is InChI=1S/C12H6Cl2N2O2/c13-10-9(16(17)18)5-7-6-3-1-2-4-8(6)15-12(7)11(10)14/h1-5,15H. The van der Waals surface area contributed by atoms with Crippen molar-refractivity contribution in [3.63, 3.8) is 0 Å². The molecule has 0 fully saturated rings. The first-order chi connectivity index (χ1) is 8.59. The zero-order valence-corrected chi connectivity index (χ0v) is 10.4. The molecule has 6 heteroatoms. The lowest BCUT2D eigenvalue weighted by Crippen LogP contribution is -1.89. The third-order valence-corrected chi connectivity index (χ3v) is 3.72. The van der Waals surface area contributed by atoms with Gasteiger partial charge in [-0.2, -0.15) is 0 Å². The first-order valence-electron chi connectivity index (χ1n) is 5.12. The molecule has 90 valence electrons. The number of benzene rings is 2. The summed E-state index contributed by atoms with van der Waals surface area (Å²) in [5, 5.41) is 12.6. The van der Waals surface area contributed by atoms with E-state index < -0.39 is 4.92 Å². The van der Waals surface area contributed by atoms with Gasteiger partial charge in [-0.05, 0) is 6.07 Å². The molecule has 0 spiro atoms. The van der Waals surface area contributed by atoms with Crippen molar-refractivity contribution < 1.29 is 4.92 Å². The highest BCUT2D eigenvalue weighted by Crippen LogP contribution is 2.40. The molecule has 0 atom stereocenters. The number of H-pyrrole nitrogens is 1. The van der Waals surface area contributed by atoms with Crippen molar-refractivity contribution in [2.45, 2.75) is 0 Å². The van der Waals surface area contributed by atoms with E-state index in [0.717, 1.165) is 10.9 Å². The van der Waals surface area contributed by atoms with Gasteiger partial charge in [-0.25, -0.2) is 0 Å². The number of aromatic amines is 1. The summed E-state index contributed by atoms with van der Waals surface area (Å²) in [5.74, 6) is 0. The number of nitro benzene ring substituents is 1. The monoisotopic (exact) mass is 280 g/mol. The van der Waals surface area contributed by atoms with E-state index in [4.69, 9.17) is 23.2 Å². The van der Waals surface area contributed by atoms with Crippen molar-refractivity contribution >= 4 is 50.7 Å². The highest BCUT2D eigenvalue weighted by atomic mass is 35.5. The van der Waals surface area contributed by atoms with Crippen molar-refractivity contribution in [2.75, 3.05) is 0 Å². The fraction of sp³-hybridized carbons (Fsp3) is 0. The molecule has 0 saturated carbocycles. The van der Waals surface area contributed by atoms with E-state index in [0.29, 0.717) is 10.9 Å². The zero-order chi connectivity index (χ0) is 12.9. The smallest absolute Gasteiger partial charge is 0.290 e. The van der Waals surface area contributed by atoms with Gasteiger partial charge in [0.25, 0.3) is 5.69 Å². The van der Waals surface area contributed by atoms with Crippen LogP contribution in [0.5, 0.6) is 0 Å². The molecule has 0 amide bonds. The van der Waals surface area contributed by atoms with E-state index in [1.165, 1.54) is 6.07 Å². The average molecular weight is 281 g/mol. The zero-order valence-electron chi connectivity index (χ0n) is 8.91. The Bertz CT molecular complexity index is 795. The molecule has 0 saturated heterocycles. The van der Waals surface area contributed by atoms with Crippen molar-refractivity contribution in [3.8, 4) is 0 Å². The van der Waals surface area contributed by atoms with Gasteiger partial charge in [0.05, 0.1) is 15.5 Å². The molecular formula is C12H6Cl2N2O2. The topological polar surface area (TPSA) is 58.9 Å². The summed E-state index contributed by atoms with van der Waals surface area (Å²) in [6.45, 7) is 0. The second kappa shape index (κ2) is 3.86. The number of nitrogens with one attached hydrogen (secondary N) is 1. The van der Waals surface area contributed by atoms with Crippen LogP contribution in [0.3, 0.4) is 0 Å². The molecule has 0 aliphatic carbocycles. The Morgan fingerprint density at radius 2 is 1.83 bits per heavy atom. The van der Waals surface area contributed by atoms with Gasteiger partial charge in [0, 0.05) is 22.4 Å². The molecule has 0 bridgehead atoms. The predicted molar refractivity (Wildman–Crippen MR) is 72.5 cm³/mol. The van der Waals surface area contributed by atoms with E-state index in [1.807, 2.05) is 24.3 Å². The van der Waals surface area contributed by atoms with Gasteiger partial charge >= 0.3 is 0 Å². The summed E-state index contributed by atoms with van der Waals surface area (Å²) in [7, 11) is 0. The molecule has 1 heterocycles. The van der Waals surface area contributed by atoms with Crippen LogP contribution in [0.1, 0.15) is 0 Å². The van der Waals surface area contributed by atoms with Crippen molar-refractivity contribution in [2.24, 2.45) is 0 Å². The Hall–Kier alpha value is -1.78. The summed E-state index contributed by atoms with van der Waals surface area (Å²) < 4.78 is 0. The largest absolute Gasteiger partial charge is 0.353 e. The quantitative estimate of drug-likeness (QED) is 0.526. The van der Waals surface area contributed by atoms with Crippen molar-refractivity contribution in [1.29, 1.82) is 0 Å². The molecule has 0 aliphatic rings. The first kappa shape index (κ1) is 11.3. The number of para-hydroxylation sites is 1. The Morgan fingerprint density at radius 1 is 1.11 bits per heavy atom. The van der Waals surface area contributed by atoms with Crippen molar-refractivity contribution in [3.05, 3.63) is 50.5 Å². The normalized spacial score (nSPS) is 11.2. The Balaban J connectivity index is 2.54. The van der Waals surface area contributed by atoms with Gasteiger partial charge in [-0.3, -0.25) is 10.1 Å². The maximum absolute atomic E-state index is 10.9. The maximum atomic E-state index is 10.9. The minimum absolute atomic E-state index is 0.0410. The van der Waals surface area contributed by atoms with E-state index in [2.05, 4.69) is 4.98 Å². The number of aromatic nitrogens is 1. The second-order valence-corrected chi connectivity index (χ2v) is 4.63. The summed E-state index contributed by atoms with van der Waals surface area (Å²) in [6.07, 6.45) is 0. The highest BCUT2D eigenvalue weighted by molar-refractivity contribution is 6.47. The Labute approximate surface area is 111 Å². The van der Waals surface area contributed by atoms with Crippen LogP contribution < -0.4 is 0 Å². The summed E-state index contributed by atoms with van der Waals surface area (Å²) in [4.78, 5) is 13.5. The number of hydrogen-bond donors (Lipinski definition) is 1. The van der Waals surface area contributed by atoms with Crippen LogP contribution >= 0.6 is 23.2 Å². The van der Waals surface area contributed by atoms with Gasteiger partial charge in [0.2, 0.25) is 0 Å². The van der Waals surface area contributed by atoms with E-state index in [9.17, 15) is 10.1 Å². The summed E-state index contributed by atoms with van der Waals surface area (Å²) in [6, 6.07) is 8.95. The molecule has 0 aliphatic heterocycles. The SMILES string of the molecule is O=[N+]([O-])c1cc2c([nH]c3ccccc32)c(Cl)c1Cl. The van der Waals surface area contributed by atoms with Gasteiger partial charge in [0.15, 0.2) is 0 Å². The lowest BCUT2D eigenvalue weighted by Gasteiger charge is -1.99. The second-order valence-electron chi connectivity index (χ2n) is 3.87. The molecule has 18 heavy (non-hydrogen) atoms. The lowest BCUT2D eigenvalue weighted by atomic mass is 10.1. The number of rotatable bonds is 1. The molecule has 2 aromatic carbocycles. The molecule has 3 rings (SSSR count). The number of halogens is 2. The molecular weight excluding hydrogens is 275 g/mol. The van der Waals surface area contributed by atoms with Crippen LogP contribution in [0.25, 0.3) is 21.8 Å². The molecule has 1 aromatic heterocycles. The van der Waals surface area contributed by atoms with Gasteiger partial charge in [-0.1, -0.05) is 41.4 Å². The minimum Gasteiger partial charge on any atom is -0.353 e. The molecule has 3 aromatic rings. The fourth-order valence-electron chi connectivity index (χ4n) is 2.04. The first-order valence-corrected chi connectivity index (χ1v) is 5.88. The van der Waals surface area contributed by atoms with Crippen LogP contribution in [0.4, 0.5) is 5.69 Å². The Kier molecular flexibility index (Phi) is 2.43. The van der Waals surface area contributed by atoms with Gasteiger partial charge < -0.3 is 4.98 Å². The number of hydrogen-bond acceptors (Lipinski definition) is 2. The van der Waals surface area contributed by atoms with Gasteiger partial charge in [-0.15, -0.1) is 0 Å². The minimum atomic E-state index is -0.532. The molecule has 0 unspecified atom stereocenters. The Morgan fingerprint density at radius 3 is 2.56 bits per heavy atom. The highest BCUT2D eigenvalue weighted by Gasteiger charge is 2.20. The van der Waals surface area contributed by atoms with E-state index >= 15 is 0 Å². The van der Waals surface area contributed by atoms with Crippen LogP contribution in [-0.2, 0) is 0 Å². The molecule has 0 radical (unpaired) electrons. The fourth-order valence-corrected chi connectivity index (χ4v) is 2.51. The molecule has 1 N–H and O–H groups in total. The predicted octanol–water partition coefficient (Wildman–Crippen LogP) is 4.54. The van der Waals surface area contributed by atoms with Crippen LogP contribution in [0.2, 0.25) is 10.0 Å². The third kappa shape index (κ3) is 1.46. The number of fused-ring (bicyclic) bond motifs is 3. The lowest BCUT2D eigenvalue weighted by molar-refractivity contribution is -0.384. The van der Waals surface area contributed by atoms with E-state index in [-0.39, 0.29) is 15.7 Å². The van der Waals surface area contributed by atoms with Gasteiger partial charge in [0.1, 0.15) is 5.02 Å². The van der Waals surface area contributed by atoms with Crippen LogP contribution in [0.15, 0.2) is 30.3 Å². The third-order valence-electron chi connectivity index (χ3n) is 2.86. The molecule has 4 nitrogen and oxygen atoms in total. The summed E-state index contributed by atoms with van der Waals surface area (Å²) in [5.41, 5.74) is 1.30. The van der Waals surface area contributed by atoms with E-state index in [1.54, 1.807) is 0 Å². The summed E-state index contributed by atoms with van der Waals surface area (Å²) >= 11 is 12.0. The number of nitrogens with zero attached hydrogens (tertiary/aromatic N) is 1. The average Bonchev–Trinajstić information content (AvgIpc) is 2.72. The van der Waals surface area contributed by atoms with Crippen LogP contribution in [0, 0.1) is 10.1 Å².